The number of hydrogen-bond acceptors (Lipinski definition) is 5. The molecule has 0 aliphatic rings. The molecule has 0 saturated heterocycles. The van der Waals surface area contributed by atoms with Crippen LogP contribution in [0.3, 0.4) is 0 Å². The van der Waals surface area contributed by atoms with Gasteiger partial charge in [-0.05, 0) is 43.3 Å². The van der Waals surface area contributed by atoms with Gasteiger partial charge in [-0.2, -0.15) is 0 Å². The fourth-order valence-electron chi connectivity index (χ4n) is 2.14. The van der Waals surface area contributed by atoms with Gasteiger partial charge in [-0.1, -0.05) is 6.07 Å². The minimum absolute atomic E-state index is 0.247. The second-order valence-electron chi connectivity index (χ2n) is 5.05. The van der Waals surface area contributed by atoms with Gasteiger partial charge in [0.05, 0.1) is 12.3 Å². The van der Waals surface area contributed by atoms with Crippen LogP contribution in [-0.4, -0.2) is 30.8 Å². The third-order valence-corrected chi connectivity index (χ3v) is 5.89. The van der Waals surface area contributed by atoms with Crippen LogP contribution >= 0.6 is 7.37 Å². The van der Waals surface area contributed by atoms with E-state index in [9.17, 15) is 9.67 Å². The highest BCUT2D eigenvalue weighted by Gasteiger charge is 2.36. The molecule has 1 aromatic carbocycles. The van der Waals surface area contributed by atoms with Gasteiger partial charge in [0.1, 0.15) is 0 Å². The van der Waals surface area contributed by atoms with E-state index in [2.05, 4.69) is 4.98 Å². The van der Waals surface area contributed by atoms with E-state index in [1.54, 1.807) is 43.5 Å². The van der Waals surface area contributed by atoms with Crippen molar-refractivity contribution in [3.05, 3.63) is 54.4 Å². The molecule has 0 aliphatic carbocycles. The second-order valence-corrected chi connectivity index (χ2v) is 7.51. The quantitative estimate of drug-likeness (QED) is 0.829. The molecule has 1 N–H and O–H groups in total. The molecule has 1 heterocycles. The zero-order valence-electron chi connectivity index (χ0n) is 13.0. The zero-order valence-corrected chi connectivity index (χ0v) is 13.9. The average Bonchev–Trinajstić information content (AvgIpc) is 2.55. The van der Waals surface area contributed by atoms with Crippen LogP contribution in [0.1, 0.15) is 18.5 Å². The number of aliphatic hydroxyl groups is 1. The Balaban J connectivity index is 2.41. The van der Waals surface area contributed by atoms with E-state index in [1.807, 2.05) is 31.1 Å². The number of anilines is 1. The summed E-state index contributed by atoms with van der Waals surface area (Å²) in [6, 6.07) is 12.3. The fourth-order valence-corrected chi connectivity index (χ4v) is 4.16. The van der Waals surface area contributed by atoms with Gasteiger partial charge >= 0.3 is 0 Å². The molecule has 0 amide bonds. The Morgan fingerprint density at radius 1 is 1.23 bits per heavy atom. The maximum Gasteiger partial charge on any atom is 0.265 e. The average molecular weight is 320 g/mol. The SMILES string of the molecule is CCO[P@](=O)(c1ccc(N(C)C)cc1)[C@@H](O)c1ccccn1. The standard InChI is InChI=1S/C16H21N2O3P/c1-4-21-22(20,16(19)15-7-5-6-12-17-15)14-10-8-13(9-11-14)18(2)3/h5-12,16,19H,4H2,1-3H3/t16-,22-/m1/s1. The van der Waals surface area contributed by atoms with E-state index in [0.717, 1.165) is 5.69 Å². The fraction of sp³-hybridized carbons (Fsp3) is 0.312. The number of hydrogen-bond donors (Lipinski definition) is 1. The first-order valence-electron chi connectivity index (χ1n) is 7.10. The van der Waals surface area contributed by atoms with Crippen molar-refractivity contribution in [2.45, 2.75) is 12.8 Å². The predicted octanol–water partition coefficient (Wildman–Crippen LogP) is 2.78. The van der Waals surface area contributed by atoms with Crippen LogP contribution in [-0.2, 0) is 9.09 Å². The Hall–Kier alpha value is -1.68. The highest BCUT2D eigenvalue weighted by Crippen LogP contribution is 2.57. The van der Waals surface area contributed by atoms with E-state index in [4.69, 9.17) is 4.52 Å². The molecular formula is C16H21N2O3P. The number of nitrogens with zero attached hydrogens (tertiary/aromatic N) is 2. The first-order chi connectivity index (χ1) is 10.5. The van der Waals surface area contributed by atoms with Crippen molar-refractivity contribution in [3.8, 4) is 0 Å². The molecule has 5 nitrogen and oxygen atoms in total. The number of pyridine rings is 1. The summed E-state index contributed by atoms with van der Waals surface area (Å²) in [5.41, 5.74) is 1.33. The van der Waals surface area contributed by atoms with Crippen LogP contribution in [0, 0.1) is 0 Å². The lowest BCUT2D eigenvalue weighted by Crippen LogP contribution is -2.16. The van der Waals surface area contributed by atoms with E-state index in [0.29, 0.717) is 11.0 Å². The molecule has 0 aliphatic heterocycles. The molecule has 2 rings (SSSR count). The number of rotatable bonds is 6. The molecule has 0 spiro atoms. The molecule has 2 atom stereocenters. The normalized spacial score (nSPS) is 15.1. The highest BCUT2D eigenvalue weighted by molar-refractivity contribution is 7.67. The summed E-state index contributed by atoms with van der Waals surface area (Å²) >= 11 is 0. The smallest absolute Gasteiger partial charge is 0.265 e. The lowest BCUT2D eigenvalue weighted by molar-refractivity contribution is 0.214. The number of aliphatic hydroxyl groups excluding tert-OH is 1. The third-order valence-electron chi connectivity index (χ3n) is 3.32. The van der Waals surface area contributed by atoms with Gasteiger partial charge in [0.25, 0.3) is 7.37 Å². The minimum Gasteiger partial charge on any atom is -0.378 e. The van der Waals surface area contributed by atoms with Crippen molar-refractivity contribution < 1.29 is 14.2 Å². The van der Waals surface area contributed by atoms with Gasteiger partial charge in [0.15, 0.2) is 5.85 Å². The Bertz CT molecular complexity index is 644. The van der Waals surface area contributed by atoms with Crippen molar-refractivity contribution in [2.75, 3.05) is 25.6 Å². The first-order valence-corrected chi connectivity index (χ1v) is 8.79. The Kier molecular flexibility index (Phi) is 5.35. The number of aromatic nitrogens is 1. The third kappa shape index (κ3) is 3.38. The first kappa shape index (κ1) is 16.7. The molecule has 22 heavy (non-hydrogen) atoms. The maximum atomic E-state index is 13.3. The maximum absolute atomic E-state index is 13.3. The summed E-state index contributed by atoms with van der Waals surface area (Å²) in [7, 11) is 0.401. The lowest BCUT2D eigenvalue weighted by atomic mass is 10.3. The second kappa shape index (κ2) is 7.05. The summed E-state index contributed by atoms with van der Waals surface area (Å²) in [5, 5.41) is 11.0. The molecule has 0 saturated carbocycles. The summed E-state index contributed by atoms with van der Waals surface area (Å²) in [5.74, 6) is -1.28. The topological polar surface area (TPSA) is 62.7 Å². The predicted molar refractivity (Wildman–Crippen MR) is 88.8 cm³/mol. The molecule has 6 heteroatoms. The van der Waals surface area contributed by atoms with Gasteiger partial charge in [0.2, 0.25) is 0 Å². The van der Waals surface area contributed by atoms with Crippen LogP contribution in [0.2, 0.25) is 0 Å². The van der Waals surface area contributed by atoms with Gasteiger partial charge in [0, 0.05) is 31.3 Å². The van der Waals surface area contributed by atoms with Crippen LogP contribution < -0.4 is 10.2 Å². The molecule has 0 radical (unpaired) electrons. The summed E-state index contributed by atoms with van der Waals surface area (Å²) in [6.07, 6.45) is 1.56. The van der Waals surface area contributed by atoms with Crippen molar-refractivity contribution in [1.82, 2.24) is 4.98 Å². The van der Waals surface area contributed by atoms with E-state index >= 15 is 0 Å². The molecule has 0 unspecified atom stereocenters. The monoisotopic (exact) mass is 320 g/mol. The largest absolute Gasteiger partial charge is 0.378 e. The molecular weight excluding hydrogens is 299 g/mol. The van der Waals surface area contributed by atoms with Gasteiger partial charge in [-0.15, -0.1) is 0 Å². The molecule has 1 aromatic heterocycles. The van der Waals surface area contributed by atoms with Crippen molar-refractivity contribution in [3.63, 3.8) is 0 Å². The van der Waals surface area contributed by atoms with Crippen LogP contribution in [0.5, 0.6) is 0 Å². The zero-order chi connectivity index (χ0) is 16.2. The van der Waals surface area contributed by atoms with E-state index in [-0.39, 0.29) is 6.61 Å². The van der Waals surface area contributed by atoms with E-state index < -0.39 is 13.2 Å². The Morgan fingerprint density at radius 3 is 2.41 bits per heavy atom. The summed E-state index contributed by atoms with van der Waals surface area (Å²) in [6.45, 7) is 2.00. The van der Waals surface area contributed by atoms with Crippen molar-refractivity contribution >= 4 is 18.4 Å². The Morgan fingerprint density at radius 2 is 1.91 bits per heavy atom. The van der Waals surface area contributed by atoms with Gasteiger partial charge in [-0.3, -0.25) is 9.55 Å². The van der Waals surface area contributed by atoms with Crippen molar-refractivity contribution in [1.29, 1.82) is 0 Å². The highest BCUT2D eigenvalue weighted by atomic mass is 31.2. The molecule has 2 aromatic rings. The molecule has 0 bridgehead atoms. The Labute approximate surface area is 131 Å². The van der Waals surface area contributed by atoms with Gasteiger partial charge < -0.3 is 14.5 Å². The molecule has 0 fully saturated rings. The van der Waals surface area contributed by atoms with Crippen LogP contribution in [0.4, 0.5) is 5.69 Å². The number of benzene rings is 1. The summed E-state index contributed by atoms with van der Waals surface area (Å²) in [4.78, 5) is 6.04. The minimum atomic E-state index is -3.46. The van der Waals surface area contributed by atoms with Crippen molar-refractivity contribution in [2.24, 2.45) is 0 Å². The van der Waals surface area contributed by atoms with Gasteiger partial charge in [-0.25, -0.2) is 0 Å². The van der Waals surface area contributed by atoms with Crippen LogP contribution in [0.25, 0.3) is 0 Å². The molecule has 118 valence electrons. The lowest BCUT2D eigenvalue weighted by Gasteiger charge is -2.24. The van der Waals surface area contributed by atoms with Crippen LogP contribution in [0.15, 0.2) is 48.7 Å². The van der Waals surface area contributed by atoms with E-state index in [1.165, 1.54) is 0 Å². The summed E-state index contributed by atoms with van der Waals surface area (Å²) < 4.78 is 18.8.